The summed E-state index contributed by atoms with van der Waals surface area (Å²) < 4.78 is 14.0. The molecule has 1 aromatic carbocycles. The molecule has 2 aromatic rings. The molecule has 1 unspecified atom stereocenters. The molecule has 0 aliphatic heterocycles. The lowest BCUT2D eigenvalue weighted by atomic mass is 10.2. The molecule has 17 heavy (non-hydrogen) atoms. The van der Waals surface area contributed by atoms with Crippen LogP contribution in [0.2, 0.25) is 0 Å². The zero-order valence-electron chi connectivity index (χ0n) is 9.87. The van der Waals surface area contributed by atoms with Crippen molar-refractivity contribution in [3.8, 4) is 0 Å². The van der Waals surface area contributed by atoms with E-state index < -0.39 is 0 Å². The van der Waals surface area contributed by atoms with E-state index in [0.717, 1.165) is 23.1 Å². The van der Waals surface area contributed by atoms with Crippen molar-refractivity contribution in [3.63, 3.8) is 0 Å². The molecule has 0 saturated carbocycles. The molecular weight excluding hydrogens is 235 g/mol. The van der Waals surface area contributed by atoms with E-state index in [1.54, 1.807) is 17.4 Å². The largest absolute Gasteiger partial charge is 0.330 e. The zero-order chi connectivity index (χ0) is 12.3. The van der Waals surface area contributed by atoms with Crippen molar-refractivity contribution in [3.05, 3.63) is 35.0 Å². The van der Waals surface area contributed by atoms with E-state index in [9.17, 15) is 4.39 Å². The fraction of sp³-hybridized carbons (Fsp3) is 0.385. The molecule has 0 amide bonds. The van der Waals surface area contributed by atoms with E-state index in [1.165, 1.54) is 10.9 Å². The first-order valence-electron chi connectivity index (χ1n) is 5.80. The Hall–Kier alpha value is -0.970. The van der Waals surface area contributed by atoms with Gasteiger partial charge in [0.1, 0.15) is 5.82 Å². The van der Waals surface area contributed by atoms with Gasteiger partial charge in [-0.15, -0.1) is 11.3 Å². The second-order valence-electron chi connectivity index (χ2n) is 4.25. The van der Waals surface area contributed by atoms with Crippen LogP contribution in [0, 0.1) is 5.82 Å². The Kier molecular flexibility index (Phi) is 4.10. The first-order valence-corrected chi connectivity index (χ1v) is 6.62. The minimum absolute atomic E-state index is 0.171. The van der Waals surface area contributed by atoms with E-state index in [0.29, 0.717) is 12.6 Å². The molecule has 4 heteroatoms. The van der Waals surface area contributed by atoms with E-state index >= 15 is 0 Å². The highest BCUT2D eigenvalue weighted by Gasteiger charge is 2.04. The molecule has 0 bridgehead atoms. The van der Waals surface area contributed by atoms with Gasteiger partial charge in [0.2, 0.25) is 0 Å². The summed E-state index contributed by atoms with van der Waals surface area (Å²) in [4.78, 5) is 1.23. The molecule has 0 radical (unpaired) electrons. The number of thiophene rings is 1. The molecule has 92 valence electrons. The number of nitrogens with two attached hydrogens (primary N) is 1. The predicted octanol–water partition coefficient (Wildman–Crippen LogP) is 2.87. The third kappa shape index (κ3) is 3.25. The van der Waals surface area contributed by atoms with Crippen LogP contribution < -0.4 is 11.1 Å². The second kappa shape index (κ2) is 5.58. The Balaban J connectivity index is 2.04. The van der Waals surface area contributed by atoms with Gasteiger partial charge >= 0.3 is 0 Å². The Morgan fingerprint density at radius 1 is 1.41 bits per heavy atom. The van der Waals surface area contributed by atoms with Crippen LogP contribution in [-0.2, 0) is 6.54 Å². The first kappa shape index (κ1) is 12.5. The topological polar surface area (TPSA) is 38.0 Å². The lowest BCUT2D eigenvalue weighted by Gasteiger charge is -2.10. The van der Waals surface area contributed by atoms with E-state index in [1.807, 2.05) is 6.07 Å². The van der Waals surface area contributed by atoms with Crippen molar-refractivity contribution >= 4 is 21.4 Å². The highest BCUT2D eigenvalue weighted by molar-refractivity contribution is 7.19. The molecule has 0 aliphatic carbocycles. The molecule has 2 rings (SSSR count). The zero-order valence-corrected chi connectivity index (χ0v) is 10.7. The number of halogens is 1. The molecule has 0 aliphatic rings. The SMILES string of the molecule is CC(CCN)NCc1cc2ccc(F)cc2s1. The normalized spacial score (nSPS) is 13.1. The second-order valence-corrected chi connectivity index (χ2v) is 5.42. The summed E-state index contributed by atoms with van der Waals surface area (Å²) in [6.07, 6.45) is 0.972. The number of hydrogen-bond donors (Lipinski definition) is 2. The molecule has 3 N–H and O–H groups in total. The van der Waals surface area contributed by atoms with E-state index in [4.69, 9.17) is 5.73 Å². The van der Waals surface area contributed by atoms with Crippen LogP contribution in [0.3, 0.4) is 0 Å². The summed E-state index contributed by atoms with van der Waals surface area (Å²) in [5.41, 5.74) is 5.50. The Labute approximate surface area is 105 Å². The van der Waals surface area contributed by atoms with Crippen LogP contribution in [0.1, 0.15) is 18.2 Å². The molecule has 1 aromatic heterocycles. The highest BCUT2D eigenvalue weighted by Crippen LogP contribution is 2.26. The fourth-order valence-corrected chi connectivity index (χ4v) is 2.81. The lowest BCUT2D eigenvalue weighted by Crippen LogP contribution is -2.27. The van der Waals surface area contributed by atoms with Crippen molar-refractivity contribution in [2.24, 2.45) is 5.73 Å². The summed E-state index contributed by atoms with van der Waals surface area (Å²) >= 11 is 1.64. The van der Waals surface area contributed by atoms with Crippen LogP contribution in [-0.4, -0.2) is 12.6 Å². The standard InChI is InChI=1S/C13H17FN2S/c1-9(4-5-15)16-8-12-6-10-2-3-11(14)7-13(10)17-12/h2-3,6-7,9,16H,4-5,8,15H2,1H3. The summed E-state index contributed by atoms with van der Waals surface area (Å²) in [5, 5.41) is 4.52. The number of nitrogens with one attached hydrogen (secondary N) is 1. The van der Waals surface area contributed by atoms with E-state index in [-0.39, 0.29) is 5.82 Å². The smallest absolute Gasteiger partial charge is 0.124 e. The minimum atomic E-state index is -0.171. The van der Waals surface area contributed by atoms with Gasteiger partial charge in [0.05, 0.1) is 0 Å². The Morgan fingerprint density at radius 3 is 3.00 bits per heavy atom. The Bertz CT molecular complexity index is 495. The van der Waals surface area contributed by atoms with Crippen molar-refractivity contribution in [1.82, 2.24) is 5.32 Å². The summed E-state index contributed by atoms with van der Waals surface area (Å²) in [7, 11) is 0. The van der Waals surface area contributed by atoms with Gasteiger partial charge in [0.25, 0.3) is 0 Å². The maximum Gasteiger partial charge on any atom is 0.124 e. The van der Waals surface area contributed by atoms with Gasteiger partial charge in [0, 0.05) is 22.2 Å². The van der Waals surface area contributed by atoms with Gasteiger partial charge in [-0.2, -0.15) is 0 Å². The third-order valence-electron chi connectivity index (χ3n) is 2.76. The predicted molar refractivity (Wildman–Crippen MR) is 71.8 cm³/mol. The quantitative estimate of drug-likeness (QED) is 0.858. The van der Waals surface area contributed by atoms with Gasteiger partial charge in [-0.05, 0) is 43.5 Å². The average Bonchev–Trinajstić information content (AvgIpc) is 2.68. The monoisotopic (exact) mass is 252 g/mol. The number of benzene rings is 1. The summed E-state index contributed by atoms with van der Waals surface area (Å²) in [6.45, 7) is 3.65. The number of hydrogen-bond acceptors (Lipinski definition) is 3. The lowest BCUT2D eigenvalue weighted by molar-refractivity contribution is 0.522. The molecule has 0 saturated heterocycles. The number of rotatable bonds is 5. The number of fused-ring (bicyclic) bond motifs is 1. The van der Waals surface area contributed by atoms with Gasteiger partial charge in [0.15, 0.2) is 0 Å². The third-order valence-corrected chi connectivity index (χ3v) is 3.86. The van der Waals surface area contributed by atoms with Crippen molar-refractivity contribution in [2.75, 3.05) is 6.54 Å². The molecular formula is C13H17FN2S. The van der Waals surface area contributed by atoms with Crippen LogP contribution in [0.25, 0.3) is 10.1 Å². The molecule has 0 spiro atoms. The summed E-state index contributed by atoms with van der Waals surface area (Å²) in [5.74, 6) is -0.171. The average molecular weight is 252 g/mol. The fourth-order valence-electron chi connectivity index (χ4n) is 1.77. The summed E-state index contributed by atoms with van der Waals surface area (Å²) in [6, 6.07) is 7.45. The van der Waals surface area contributed by atoms with Crippen LogP contribution in [0.5, 0.6) is 0 Å². The van der Waals surface area contributed by atoms with Crippen LogP contribution in [0.4, 0.5) is 4.39 Å². The Morgan fingerprint density at radius 2 is 2.24 bits per heavy atom. The van der Waals surface area contributed by atoms with Crippen LogP contribution in [0.15, 0.2) is 24.3 Å². The molecule has 2 nitrogen and oxygen atoms in total. The highest BCUT2D eigenvalue weighted by atomic mass is 32.1. The minimum Gasteiger partial charge on any atom is -0.330 e. The molecule has 1 heterocycles. The van der Waals surface area contributed by atoms with Gasteiger partial charge < -0.3 is 11.1 Å². The maximum absolute atomic E-state index is 13.0. The van der Waals surface area contributed by atoms with Crippen molar-refractivity contribution in [2.45, 2.75) is 25.9 Å². The molecule has 0 fully saturated rings. The van der Waals surface area contributed by atoms with Crippen molar-refractivity contribution < 1.29 is 4.39 Å². The van der Waals surface area contributed by atoms with Gasteiger partial charge in [-0.3, -0.25) is 0 Å². The first-order chi connectivity index (χ1) is 8.19. The van der Waals surface area contributed by atoms with Gasteiger partial charge in [-0.25, -0.2) is 4.39 Å². The maximum atomic E-state index is 13.0. The van der Waals surface area contributed by atoms with Crippen molar-refractivity contribution in [1.29, 1.82) is 0 Å². The molecule has 1 atom stereocenters. The van der Waals surface area contributed by atoms with E-state index in [2.05, 4.69) is 18.3 Å². The van der Waals surface area contributed by atoms with Crippen LogP contribution >= 0.6 is 11.3 Å². The van der Waals surface area contributed by atoms with Gasteiger partial charge in [-0.1, -0.05) is 6.07 Å².